The molecule has 9 heteroatoms. The number of rotatable bonds is 14. The van der Waals surface area contributed by atoms with E-state index in [9.17, 15) is 29.4 Å². The number of hydrogen-bond acceptors (Lipinski definition) is 6. The van der Waals surface area contributed by atoms with Gasteiger partial charge in [0.25, 0.3) is 0 Å². The molecule has 0 saturated heterocycles. The van der Waals surface area contributed by atoms with Gasteiger partial charge in [-0.3, -0.25) is 0 Å². The molecular weight excluding hydrogens is 535 g/mol. The molecule has 0 aliphatic carbocycles. The molecule has 0 heterocycles. The molecule has 33 heavy (non-hydrogen) atoms. The standard InChI is InChI=1S/2C8H17.2C4H4O4.Sn/c2*1-3-5-7-8-6-4-2;2*5-3(6)1-2-4(7)8;/h2*1,3-8H2,2H3;2*1-2H,(H,5,6)(H,7,8);/q;;;;+2/p-2/b;;2*2-1+;. The first-order valence-electron chi connectivity index (χ1n) is 10.9. The van der Waals surface area contributed by atoms with Crippen LogP contribution < -0.4 is 10.2 Å². The SMILES string of the molecule is O=C(O)/C=C/C(=O)O.O=C([O-])/C=C/C(=O)[O-].[CH2]CCCCCCC.[CH2]CCCCCCC.[Sn+2]. The minimum Gasteiger partial charge on any atom is -0.545 e. The molecule has 0 unspecified atom stereocenters. The van der Waals surface area contributed by atoms with E-state index in [4.69, 9.17) is 10.2 Å². The molecule has 0 spiro atoms. The maximum absolute atomic E-state index is 9.55. The van der Waals surface area contributed by atoms with Crippen molar-refractivity contribution >= 4 is 47.8 Å². The Kier molecular flexibility index (Phi) is 47.0. The number of carbonyl (C=O) groups is 4. The topological polar surface area (TPSA) is 155 Å². The van der Waals surface area contributed by atoms with Gasteiger partial charge in [-0.2, -0.15) is 0 Å². The smallest absolute Gasteiger partial charge is 0.545 e. The molecule has 0 aromatic carbocycles. The fraction of sp³-hybridized carbons (Fsp3) is 0.583. The van der Waals surface area contributed by atoms with Gasteiger partial charge in [-0.1, -0.05) is 105 Å². The molecule has 0 aromatic rings. The van der Waals surface area contributed by atoms with Crippen LogP contribution in [0.3, 0.4) is 0 Å². The molecule has 0 aromatic heterocycles. The monoisotopic (exact) mass is 576 g/mol. The van der Waals surface area contributed by atoms with Crippen molar-refractivity contribution in [2.24, 2.45) is 0 Å². The molecule has 0 amide bonds. The van der Waals surface area contributed by atoms with E-state index in [1.807, 2.05) is 0 Å². The maximum Gasteiger partial charge on any atom is 2.00 e. The Bertz CT molecular complexity index is 427. The van der Waals surface area contributed by atoms with Crippen LogP contribution in [0.4, 0.5) is 0 Å². The van der Waals surface area contributed by atoms with Gasteiger partial charge in [-0.25, -0.2) is 9.59 Å². The van der Waals surface area contributed by atoms with Crippen LogP contribution in [0.5, 0.6) is 0 Å². The van der Waals surface area contributed by atoms with Crippen LogP contribution in [0.1, 0.15) is 90.9 Å². The predicted octanol–water partition coefficient (Wildman–Crippen LogP) is 2.74. The molecule has 0 aliphatic heterocycles. The molecule has 0 rings (SSSR count). The summed E-state index contributed by atoms with van der Waals surface area (Å²) in [5, 5.41) is 34.5. The van der Waals surface area contributed by atoms with Crippen LogP contribution >= 0.6 is 0 Å². The van der Waals surface area contributed by atoms with Gasteiger partial charge >= 0.3 is 35.8 Å². The number of aliphatic carboxylic acids is 4. The first-order valence-corrected chi connectivity index (χ1v) is 10.9. The van der Waals surface area contributed by atoms with E-state index in [1.54, 1.807) is 0 Å². The summed E-state index contributed by atoms with van der Waals surface area (Å²) in [5.41, 5.74) is 0. The molecule has 0 saturated carbocycles. The number of hydrogen-bond donors (Lipinski definition) is 2. The van der Waals surface area contributed by atoms with Crippen LogP contribution in [-0.4, -0.2) is 58.0 Å². The van der Waals surface area contributed by atoms with E-state index in [-0.39, 0.29) is 23.9 Å². The van der Waals surface area contributed by atoms with E-state index in [1.165, 1.54) is 64.2 Å². The average Bonchev–Trinajstić information content (AvgIpc) is 2.73. The zero-order chi connectivity index (χ0) is 25.6. The summed E-state index contributed by atoms with van der Waals surface area (Å²) in [5.74, 6) is -5.61. The fourth-order valence-corrected chi connectivity index (χ4v) is 1.84. The summed E-state index contributed by atoms with van der Waals surface area (Å²) in [6, 6.07) is 0. The van der Waals surface area contributed by atoms with Crippen LogP contribution in [0.25, 0.3) is 0 Å². The molecule has 8 nitrogen and oxygen atoms in total. The van der Waals surface area contributed by atoms with Gasteiger partial charge < -0.3 is 30.0 Å². The summed E-state index contributed by atoms with van der Waals surface area (Å²) in [6.07, 6.45) is 17.8. The van der Waals surface area contributed by atoms with Gasteiger partial charge in [-0.15, -0.1) is 0 Å². The minimum atomic E-state index is -1.55. The van der Waals surface area contributed by atoms with E-state index < -0.39 is 23.9 Å². The van der Waals surface area contributed by atoms with Crippen molar-refractivity contribution in [2.75, 3.05) is 0 Å². The minimum absolute atomic E-state index is 0. The molecule has 0 atom stereocenters. The Balaban J connectivity index is -0.000000105. The number of carbonyl (C=O) groups excluding carboxylic acids is 2. The van der Waals surface area contributed by atoms with Crippen molar-refractivity contribution in [1.82, 2.24) is 0 Å². The van der Waals surface area contributed by atoms with Gasteiger partial charge in [0.05, 0.1) is 11.9 Å². The van der Waals surface area contributed by atoms with Crippen molar-refractivity contribution in [3.8, 4) is 0 Å². The first kappa shape index (κ1) is 41.4. The van der Waals surface area contributed by atoms with E-state index in [0.717, 1.165) is 12.8 Å². The van der Waals surface area contributed by atoms with Gasteiger partial charge in [-0.05, 0) is 12.2 Å². The normalized spacial score (nSPS) is 9.33. The van der Waals surface area contributed by atoms with Crippen LogP contribution in [0.2, 0.25) is 0 Å². The molecule has 188 valence electrons. The van der Waals surface area contributed by atoms with Gasteiger partial charge in [0.15, 0.2) is 0 Å². The first-order chi connectivity index (χ1) is 15.1. The van der Waals surface area contributed by atoms with E-state index in [0.29, 0.717) is 24.3 Å². The Labute approximate surface area is 216 Å². The predicted molar refractivity (Wildman–Crippen MR) is 127 cm³/mol. The second-order valence-electron chi connectivity index (χ2n) is 6.52. The fourth-order valence-electron chi connectivity index (χ4n) is 1.84. The van der Waals surface area contributed by atoms with Crippen molar-refractivity contribution in [3.63, 3.8) is 0 Å². The third-order valence-corrected chi connectivity index (χ3v) is 3.43. The van der Waals surface area contributed by atoms with Crippen LogP contribution in [0, 0.1) is 13.8 Å². The molecule has 0 bridgehead atoms. The van der Waals surface area contributed by atoms with E-state index in [2.05, 4.69) is 27.7 Å². The average molecular weight is 575 g/mol. The summed E-state index contributed by atoms with van der Waals surface area (Å²) in [7, 11) is 0. The second-order valence-corrected chi connectivity index (χ2v) is 6.52. The second kappa shape index (κ2) is 37.5. The van der Waals surface area contributed by atoms with Crippen molar-refractivity contribution in [1.29, 1.82) is 0 Å². The van der Waals surface area contributed by atoms with Gasteiger partial charge in [0, 0.05) is 12.2 Å². The number of carboxylic acids is 4. The van der Waals surface area contributed by atoms with Gasteiger partial charge in [0.2, 0.25) is 0 Å². The van der Waals surface area contributed by atoms with Crippen molar-refractivity contribution in [3.05, 3.63) is 38.2 Å². The summed E-state index contributed by atoms with van der Waals surface area (Å²) in [6.45, 7) is 12.0. The quantitative estimate of drug-likeness (QED) is 0.182. The van der Waals surface area contributed by atoms with Crippen LogP contribution in [-0.2, 0) is 19.2 Å². The summed E-state index contributed by atoms with van der Waals surface area (Å²) < 4.78 is 0. The van der Waals surface area contributed by atoms with E-state index >= 15 is 0 Å². The summed E-state index contributed by atoms with van der Waals surface area (Å²) in [4.78, 5) is 37.9. The zero-order valence-corrected chi connectivity index (χ0v) is 22.9. The molecule has 0 fully saturated rings. The number of carboxylic acid groups (broad SMARTS) is 4. The molecule has 0 aliphatic rings. The maximum atomic E-state index is 9.55. The summed E-state index contributed by atoms with van der Waals surface area (Å²) >= 11 is 0. The van der Waals surface area contributed by atoms with Crippen LogP contribution in [0.15, 0.2) is 24.3 Å². The zero-order valence-electron chi connectivity index (χ0n) is 20.1. The third kappa shape index (κ3) is 72.5. The van der Waals surface area contributed by atoms with Crippen molar-refractivity contribution < 1.29 is 39.6 Å². The molecule has 4 radical (unpaired) electrons. The molecule has 2 N–H and O–H groups in total. The number of unbranched alkanes of at least 4 members (excludes halogenated alkanes) is 10. The van der Waals surface area contributed by atoms with Crippen molar-refractivity contribution in [2.45, 2.75) is 90.9 Å². The molecular formula is C24H40O8Sn. The Hall–Kier alpha value is -1.84. The largest absolute Gasteiger partial charge is 2.00 e. The Morgan fingerprint density at radius 2 is 0.879 bits per heavy atom. The van der Waals surface area contributed by atoms with Gasteiger partial charge in [0.1, 0.15) is 0 Å². The Morgan fingerprint density at radius 1 is 0.606 bits per heavy atom. The Morgan fingerprint density at radius 3 is 1.06 bits per heavy atom. The third-order valence-electron chi connectivity index (χ3n) is 3.43.